The quantitative estimate of drug-likeness (QED) is 0.733. The van der Waals surface area contributed by atoms with Crippen LogP contribution in [0, 0.1) is 0 Å². The first-order valence-electron chi connectivity index (χ1n) is 7.37. The van der Waals surface area contributed by atoms with Crippen molar-refractivity contribution in [3.8, 4) is 0 Å². The second-order valence-corrected chi connectivity index (χ2v) is 7.35. The summed E-state index contributed by atoms with van der Waals surface area (Å²) in [5, 5.41) is 4.82. The third-order valence-corrected chi connectivity index (χ3v) is 5.72. The van der Waals surface area contributed by atoms with Gasteiger partial charge in [-0.25, -0.2) is 0 Å². The van der Waals surface area contributed by atoms with Gasteiger partial charge in [-0.2, -0.15) is 11.8 Å². The van der Waals surface area contributed by atoms with E-state index in [4.69, 9.17) is 9.73 Å². The largest absolute Gasteiger partial charge is 0.381 e. The van der Waals surface area contributed by atoms with Gasteiger partial charge in [0.05, 0.1) is 5.54 Å². The Balaban J connectivity index is 1.59. The van der Waals surface area contributed by atoms with Gasteiger partial charge in [0.25, 0.3) is 0 Å². The van der Waals surface area contributed by atoms with Crippen LogP contribution >= 0.6 is 23.5 Å². The lowest BCUT2D eigenvalue weighted by molar-refractivity contribution is 0.0555. The molecule has 0 aromatic heterocycles. The fourth-order valence-corrected chi connectivity index (χ4v) is 4.25. The van der Waals surface area contributed by atoms with Crippen molar-refractivity contribution in [1.29, 1.82) is 0 Å². The highest BCUT2D eigenvalue weighted by atomic mass is 32.2. The minimum Gasteiger partial charge on any atom is -0.381 e. The molecule has 0 radical (unpaired) electrons. The van der Waals surface area contributed by atoms with E-state index in [-0.39, 0.29) is 0 Å². The van der Waals surface area contributed by atoms with Crippen LogP contribution in [0.1, 0.15) is 38.5 Å². The zero-order valence-electron chi connectivity index (χ0n) is 12.0. The molecule has 0 bridgehead atoms. The molecule has 2 fully saturated rings. The van der Waals surface area contributed by atoms with Crippen molar-refractivity contribution in [2.24, 2.45) is 4.99 Å². The van der Waals surface area contributed by atoms with E-state index < -0.39 is 0 Å². The Morgan fingerprint density at radius 2 is 2.05 bits per heavy atom. The van der Waals surface area contributed by atoms with Crippen LogP contribution in [0.15, 0.2) is 4.99 Å². The van der Waals surface area contributed by atoms with Gasteiger partial charge in [0, 0.05) is 25.5 Å². The summed E-state index contributed by atoms with van der Waals surface area (Å²) in [6, 6.07) is 0. The summed E-state index contributed by atoms with van der Waals surface area (Å²) in [6.07, 6.45) is 9.71. The van der Waals surface area contributed by atoms with E-state index in [0.29, 0.717) is 5.54 Å². The summed E-state index contributed by atoms with van der Waals surface area (Å²) in [4.78, 5) is 4.71. The highest BCUT2D eigenvalue weighted by Crippen LogP contribution is 2.31. The molecule has 2 heterocycles. The standard InChI is InChI=1S/C14H26N2OS2/c1-18-11-5-3-2-4-8-15-13-16-14(12-19-13)6-9-17-10-7-14/h2-12H2,1H3,(H,15,16). The fourth-order valence-electron chi connectivity index (χ4n) is 2.51. The number of thioether (sulfide) groups is 2. The van der Waals surface area contributed by atoms with E-state index >= 15 is 0 Å². The molecule has 2 aliphatic heterocycles. The van der Waals surface area contributed by atoms with Gasteiger partial charge in [-0.05, 0) is 37.7 Å². The van der Waals surface area contributed by atoms with Crippen molar-refractivity contribution < 1.29 is 4.74 Å². The minimum absolute atomic E-state index is 0.292. The summed E-state index contributed by atoms with van der Waals surface area (Å²) in [6.45, 7) is 2.79. The smallest absolute Gasteiger partial charge is 0.157 e. The molecule has 0 aliphatic carbocycles. The number of rotatable bonds is 7. The van der Waals surface area contributed by atoms with Crippen LogP contribution in [0.3, 0.4) is 0 Å². The lowest BCUT2D eigenvalue weighted by atomic mass is 9.93. The van der Waals surface area contributed by atoms with Gasteiger partial charge in [-0.3, -0.25) is 4.99 Å². The van der Waals surface area contributed by atoms with Crippen molar-refractivity contribution in [1.82, 2.24) is 5.32 Å². The topological polar surface area (TPSA) is 33.6 Å². The Hall–Kier alpha value is 0.130. The average molecular weight is 303 g/mol. The Morgan fingerprint density at radius 1 is 1.26 bits per heavy atom. The number of ether oxygens (including phenoxy) is 1. The van der Waals surface area contributed by atoms with Crippen LogP contribution in [0.5, 0.6) is 0 Å². The van der Waals surface area contributed by atoms with Crippen molar-refractivity contribution in [2.45, 2.75) is 44.1 Å². The van der Waals surface area contributed by atoms with Crippen LogP contribution in [-0.2, 0) is 4.74 Å². The Kier molecular flexibility index (Phi) is 6.88. The summed E-state index contributed by atoms with van der Waals surface area (Å²) >= 11 is 3.85. The number of unbranched alkanes of at least 4 members (excludes halogenated alkanes) is 3. The van der Waals surface area contributed by atoms with Crippen LogP contribution in [0.4, 0.5) is 0 Å². The molecule has 0 aromatic carbocycles. The van der Waals surface area contributed by atoms with Crippen LogP contribution < -0.4 is 5.32 Å². The first-order chi connectivity index (χ1) is 9.35. The van der Waals surface area contributed by atoms with Crippen molar-refractivity contribution in [2.75, 3.05) is 37.5 Å². The molecule has 0 unspecified atom stereocenters. The molecule has 0 aromatic rings. The summed E-state index contributed by atoms with van der Waals surface area (Å²) in [5.74, 6) is 2.47. The van der Waals surface area contributed by atoms with E-state index in [1.807, 2.05) is 23.5 Å². The molecule has 5 heteroatoms. The maximum Gasteiger partial charge on any atom is 0.157 e. The lowest BCUT2D eigenvalue weighted by Gasteiger charge is -2.32. The second kappa shape index (κ2) is 8.42. The van der Waals surface area contributed by atoms with Crippen molar-refractivity contribution in [3.05, 3.63) is 0 Å². The van der Waals surface area contributed by atoms with Gasteiger partial charge < -0.3 is 10.1 Å². The van der Waals surface area contributed by atoms with Crippen molar-refractivity contribution in [3.63, 3.8) is 0 Å². The number of nitrogens with one attached hydrogen (secondary N) is 1. The summed E-state index contributed by atoms with van der Waals surface area (Å²) in [5.41, 5.74) is 0.292. The molecule has 110 valence electrons. The maximum absolute atomic E-state index is 5.45. The van der Waals surface area contributed by atoms with E-state index in [2.05, 4.69) is 11.6 Å². The SMILES string of the molecule is CSCCCCCCN=C1NC2(CCOCC2)CS1. The van der Waals surface area contributed by atoms with Gasteiger partial charge in [0.2, 0.25) is 0 Å². The second-order valence-electron chi connectivity index (χ2n) is 5.40. The molecule has 0 atom stereocenters. The maximum atomic E-state index is 5.45. The van der Waals surface area contributed by atoms with Gasteiger partial charge in [-0.1, -0.05) is 24.6 Å². The number of hydrogen-bond donors (Lipinski definition) is 1. The van der Waals surface area contributed by atoms with Gasteiger partial charge >= 0.3 is 0 Å². The van der Waals surface area contributed by atoms with E-state index in [9.17, 15) is 0 Å². The normalized spacial score (nSPS) is 23.9. The molecule has 1 N–H and O–H groups in total. The summed E-state index contributed by atoms with van der Waals surface area (Å²) < 4.78 is 5.45. The molecule has 2 rings (SSSR count). The Labute approximate surface area is 125 Å². The molecule has 19 heavy (non-hydrogen) atoms. The Bertz CT molecular complexity index is 291. The molecule has 0 saturated carbocycles. The number of hydrogen-bond acceptors (Lipinski definition) is 4. The highest BCUT2D eigenvalue weighted by Gasteiger charge is 2.38. The third-order valence-electron chi connectivity index (χ3n) is 3.82. The first kappa shape index (κ1) is 15.5. The predicted octanol–water partition coefficient (Wildman–Crippen LogP) is 3.15. The number of nitrogens with zero attached hydrogens (tertiary/aromatic N) is 1. The zero-order chi connectivity index (χ0) is 13.4. The highest BCUT2D eigenvalue weighted by molar-refractivity contribution is 8.14. The van der Waals surface area contributed by atoms with Gasteiger partial charge in [-0.15, -0.1) is 0 Å². The van der Waals surface area contributed by atoms with Crippen LogP contribution in [0.25, 0.3) is 0 Å². The first-order valence-corrected chi connectivity index (χ1v) is 9.75. The molecule has 0 amide bonds. The molecule has 2 saturated heterocycles. The number of aliphatic imine (C=N–C) groups is 1. The van der Waals surface area contributed by atoms with Crippen LogP contribution in [-0.4, -0.2) is 48.2 Å². The molecule has 1 spiro atoms. The van der Waals surface area contributed by atoms with E-state index in [0.717, 1.165) is 32.6 Å². The van der Waals surface area contributed by atoms with E-state index in [1.165, 1.54) is 42.4 Å². The predicted molar refractivity (Wildman–Crippen MR) is 87.5 cm³/mol. The van der Waals surface area contributed by atoms with Crippen molar-refractivity contribution >= 4 is 28.7 Å². The van der Waals surface area contributed by atoms with E-state index in [1.54, 1.807) is 0 Å². The monoisotopic (exact) mass is 302 g/mol. The zero-order valence-corrected chi connectivity index (χ0v) is 13.6. The van der Waals surface area contributed by atoms with Crippen LogP contribution in [0.2, 0.25) is 0 Å². The summed E-state index contributed by atoms with van der Waals surface area (Å²) in [7, 11) is 0. The fraction of sp³-hybridized carbons (Fsp3) is 0.929. The van der Waals surface area contributed by atoms with Gasteiger partial charge in [0.15, 0.2) is 5.17 Å². The third kappa shape index (κ3) is 5.20. The molecular weight excluding hydrogens is 276 g/mol. The number of amidine groups is 1. The molecule has 2 aliphatic rings. The average Bonchev–Trinajstić information content (AvgIpc) is 2.81. The molecular formula is C14H26N2OS2. The minimum atomic E-state index is 0.292. The lowest BCUT2D eigenvalue weighted by Crippen LogP contribution is -2.48. The Morgan fingerprint density at radius 3 is 2.84 bits per heavy atom. The molecule has 3 nitrogen and oxygen atoms in total. The van der Waals surface area contributed by atoms with Gasteiger partial charge in [0.1, 0.15) is 0 Å².